The summed E-state index contributed by atoms with van der Waals surface area (Å²) < 4.78 is 0. The number of hydrogen-bond donors (Lipinski definition) is 1. The molecule has 0 heterocycles. The molecular weight excluding hydrogens is 184 g/mol. The molecule has 0 aromatic rings. The van der Waals surface area contributed by atoms with E-state index in [1.807, 2.05) is 0 Å². The highest BCUT2D eigenvalue weighted by Crippen LogP contribution is 2.27. The van der Waals surface area contributed by atoms with Gasteiger partial charge in [-0.15, -0.1) is 0 Å². The monoisotopic (exact) mass is 212 g/mol. The van der Waals surface area contributed by atoms with Crippen molar-refractivity contribution < 1.29 is 0 Å². The number of hydrogen-bond acceptors (Lipinski definition) is 2. The van der Waals surface area contributed by atoms with E-state index in [1.165, 1.54) is 12.1 Å². The standard InChI is InChI=1S/C13H28N2/c1-8-11(4)13(6,7)9-14-15-12(5)10(2)3/h10-11,14H,8-9H2,1-7H3/b15-12+. The highest BCUT2D eigenvalue weighted by molar-refractivity contribution is 5.83. The molecule has 0 saturated heterocycles. The van der Waals surface area contributed by atoms with Gasteiger partial charge in [0.1, 0.15) is 0 Å². The second-order valence-electron chi connectivity index (χ2n) is 5.54. The molecule has 0 fully saturated rings. The Morgan fingerprint density at radius 1 is 1.27 bits per heavy atom. The number of hydrazone groups is 1. The van der Waals surface area contributed by atoms with Gasteiger partial charge >= 0.3 is 0 Å². The van der Waals surface area contributed by atoms with Crippen molar-refractivity contribution in [2.24, 2.45) is 22.4 Å². The summed E-state index contributed by atoms with van der Waals surface area (Å²) in [5.41, 5.74) is 4.70. The first-order valence-corrected chi connectivity index (χ1v) is 6.08. The lowest BCUT2D eigenvalue weighted by Gasteiger charge is -2.30. The van der Waals surface area contributed by atoms with Crippen LogP contribution in [0, 0.1) is 17.3 Å². The van der Waals surface area contributed by atoms with Crippen molar-refractivity contribution in [1.29, 1.82) is 0 Å². The molecule has 0 bridgehead atoms. The summed E-state index contributed by atoms with van der Waals surface area (Å²) in [6.45, 7) is 16.5. The summed E-state index contributed by atoms with van der Waals surface area (Å²) in [5.74, 6) is 1.25. The summed E-state index contributed by atoms with van der Waals surface area (Å²) in [7, 11) is 0. The third kappa shape index (κ3) is 5.19. The van der Waals surface area contributed by atoms with Gasteiger partial charge in [0.25, 0.3) is 0 Å². The largest absolute Gasteiger partial charge is 0.310 e. The first kappa shape index (κ1) is 14.5. The summed E-state index contributed by atoms with van der Waals surface area (Å²) >= 11 is 0. The van der Waals surface area contributed by atoms with Gasteiger partial charge in [0, 0.05) is 12.3 Å². The van der Waals surface area contributed by atoms with Crippen molar-refractivity contribution in [3.05, 3.63) is 0 Å². The van der Waals surface area contributed by atoms with E-state index in [9.17, 15) is 0 Å². The Balaban J connectivity index is 4.10. The molecule has 0 aliphatic carbocycles. The quantitative estimate of drug-likeness (QED) is 0.527. The Kier molecular flexibility index (Phi) is 5.92. The molecular formula is C13H28N2. The molecule has 0 aliphatic rings. The zero-order valence-corrected chi connectivity index (χ0v) is 11.5. The van der Waals surface area contributed by atoms with Crippen molar-refractivity contribution in [3.8, 4) is 0 Å². The van der Waals surface area contributed by atoms with Crippen LogP contribution in [0.1, 0.15) is 54.9 Å². The fourth-order valence-electron chi connectivity index (χ4n) is 1.22. The number of nitrogens with zero attached hydrogens (tertiary/aromatic N) is 1. The van der Waals surface area contributed by atoms with Gasteiger partial charge in [-0.1, -0.05) is 48.0 Å². The van der Waals surface area contributed by atoms with E-state index in [0.717, 1.165) is 12.5 Å². The molecule has 0 aliphatic heterocycles. The van der Waals surface area contributed by atoms with E-state index in [0.29, 0.717) is 11.3 Å². The van der Waals surface area contributed by atoms with Gasteiger partial charge in [-0.3, -0.25) is 0 Å². The van der Waals surface area contributed by atoms with E-state index in [2.05, 4.69) is 59.0 Å². The van der Waals surface area contributed by atoms with Crippen molar-refractivity contribution in [3.63, 3.8) is 0 Å². The first-order chi connectivity index (χ1) is 6.81. The topological polar surface area (TPSA) is 24.4 Å². The fraction of sp³-hybridized carbons (Fsp3) is 0.923. The SMILES string of the molecule is CCC(C)C(C)(C)CN/N=C(\C)C(C)C. The second-order valence-corrected chi connectivity index (χ2v) is 5.54. The first-order valence-electron chi connectivity index (χ1n) is 6.08. The Labute approximate surface area is 95.5 Å². The van der Waals surface area contributed by atoms with Crippen molar-refractivity contribution in [2.45, 2.75) is 54.9 Å². The summed E-state index contributed by atoms with van der Waals surface area (Å²) in [4.78, 5) is 0. The summed E-state index contributed by atoms with van der Waals surface area (Å²) in [6.07, 6.45) is 1.22. The van der Waals surface area contributed by atoms with Crippen molar-refractivity contribution in [1.82, 2.24) is 5.43 Å². The van der Waals surface area contributed by atoms with Gasteiger partial charge in [-0.25, -0.2) is 0 Å². The van der Waals surface area contributed by atoms with Gasteiger partial charge < -0.3 is 5.43 Å². The average molecular weight is 212 g/mol. The Morgan fingerprint density at radius 2 is 1.80 bits per heavy atom. The summed E-state index contributed by atoms with van der Waals surface area (Å²) in [6, 6.07) is 0. The van der Waals surface area contributed by atoms with Crippen LogP contribution in [0.2, 0.25) is 0 Å². The minimum absolute atomic E-state index is 0.315. The van der Waals surface area contributed by atoms with Crippen LogP contribution in [-0.2, 0) is 0 Å². The van der Waals surface area contributed by atoms with Crippen molar-refractivity contribution >= 4 is 5.71 Å². The van der Waals surface area contributed by atoms with E-state index in [4.69, 9.17) is 0 Å². The lowest BCUT2D eigenvalue weighted by Crippen LogP contribution is -2.32. The molecule has 0 saturated carbocycles. The second kappa shape index (κ2) is 6.14. The molecule has 0 radical (unpaired) electrons. The van der Waals surface area contributed by atoms with Crippen LogP contribution in [0.5, 0.6) is 0 Å². The Morgan fingerprint density at radius 3 is 2.20 bits per heavy atom. The van der Waals surface area contributed by atoms with Crippen molar-refractivity contribution in [2.75, 3.05) is 6.54 Å². The van der Waals surface area contributed by atoms with Crippen LogP contribution in [0.4, 0.5) is 0 Å². The molecule has 2 nitrogen and oxygen atoms in total. The molecule has 2 heteroatoms. The third-order valence-corrected chi connectivity index (χ3v) is 3.57. The smallest absolute Gasteiger partial charge is 0.0383 e. The van der Waals surface area contributed by atoms with Crippen LogP contribution in [0.15, 0.2) is 5.10 Å². The molecule has 1 atom stereocenters. The lowest BCUT2D eigenvalue weighted by atomic mass is 9.79. The highest BCUT2D eigenvalue weighted by Gasteiger charge is 2.23. The average Bonchev–Trinajstić information content (AvgIpc) is 2.15. The predicted octanol–water partition coefficient (Wildman–Crippen LogP) is 3.68. The van der Waals surface area contributed by atoms with Gasteiger partial charge in [0.15, 0.2) is 0 Å². The number of nitrogens with one attached hydrogen (secondary N) is 1. The highest BCUT2D eigenvalue weighted by atomic mass is 15.3. The van der Waals surface area contributed by atoms with Crippen LogP contribution in [-0.4, -0.2) is 12.3 Å². The zero-order valence-electron chi connectivity index (χ0n) is 11.5. The van der Waals surface area contributed by atoms with Gasteiger partial charge in [-0.2, -0.15) is 5.10 Å². The maximum atomic E-state index is 4.39. The van der Waals surface area contributed by atoms with Crippen LogP contribution < -0.4 is 5.43 Å². The Hall–Kier alpha value is -0.530. The Bertz CT molecular complexity index is 205. The predicted molar refractivity (Wildman–Crippen MR) is 69.2 cm³/mol. The summed E-state index contributed by atoms with van der Waals surface area (Å²) in [5, 5.41) is 4.39. The van der Waals surface area contributed by atoms with Gasteiger partial charge in [0.2, 0.25) is 0 Å². The molecule has 0 spiro atoms. The molecule has 0 aromatic heterocycles. The van der Waals surface area contributed by atoms with E-state index < -0.39 is 0 Å². The van der Waals surface area contributed by atoms with Crippen LogP contribution in [0.3, 0.4) is 0 Å². The lowest BCUT2D eigenvalue weighted by molar-refractivity contribution is 0.216. The molecule has 0 rings (SSSR count). The van der Waals surface area contributed by atoms with Crippen LogP contribution in [0.25, 0.3) is 0 Å². The zero-order chi connectivity index (χ0) is 12.1. The molecule has 0 amide bonds. The number of rotatable bonds is 6. The third-order valence-electron chi connectivity index (χ3n) is 3.57. The molecule has 0 aromatic carbocycles. The van der Waals surface area contributed by atoms with Gasteiger partial charge in [0.05, 0.1) is 0 Å². The van der Waals surface area contributed by atoms with E-state index in [-0.39, 0.29) is 0 Å². The molecule has 15 heavy (non-hydrogen) atoms. The molecule has 1 N–H and O–H groups in total. The molecule has 1 unspecified atom stereocenters. The van der Waals surface area contributed by atoms with Crippen LogP contribution >= 0.6 is 0 Å². The normalized spacial score (nSPS) is 15.6. The van der Waals surface area contributed by atoms with Gasteiger partial charge in [-0.05, 0) is 24.2 Å². The maximum Gasteiger partial charge on any atom is 0.0383 e. The minimum atomic E-state index is 0.315. The molecule has 90 valence electrons. The fourth-order valence-corrected chi connectivity index (χ4v) is 1.22. The van der Waals surface area contributed by atoms with E-state index in [1.54, 1.807) is 0 Å². The van der Waals surface area contributed by atoms with E-state index >= 15 is 0 Å². The maximum absolute atomic E-state index is 4.39. The minimum Gasteiger partial charge on any atom is -0.310 e.